The maximum atomic E-state index is 13.2. The van der Waals surface area contributed by atoms with Crippen LogP contribution in [-0.4, -0.2) is 70.3 Å². The lowest BCUT2D eigenvalue weighted by Crippen LogP contribution is -2.54. The van der Waals surface area contributed by atoms with Crippen molar-refractivity contribution in [2.24, 2.45) is 0 Å². The normalized spacial score (nSPS) is 25.5. The van der Waals surface area contributed by atoms with Crippen molar-refractivity contribution in [2.75, 3.05) is 13.7 Å². The minimum Gasteiger partial charge on any atom is -0.507 e. The highest BCUT2D eigenvalue weighted by Gasteiger charge is 2.41. The molecular weight excluding hydrogens is 396 g/mol. The first-order chi connectivity index (χ1) is 14.2. The molecule has 0 amide bonds. The first kappa shape index (κ1) is 20.3. The fraction of sp³-hybridized carbons (Fsp3) is 0.333. The Morgan fingerprint density at radius 2 is 1.67 bits per heavy atom. The number of phenolic OH excluding ortho intramolecular Hbond substituents is 1. The molecule has 4 rings (SSSR count). The number of phenols is 1. The van der Waals surface area contributed by atoms with Gasteiger partial charge in [-0.05, 0) is 30.7 Å². The number of methoxy groups -OCH3 is 1. The molecule has 0 bridgehead atoms. The van der Waals surface area contributed by atoms with E-state index >= 15 is 0 Å². The third-order valence-electron chi connectivity index (χ3n) is 5.21. The number of aliphatic hydroxyl groups is 3. The Bertz CT molecular complexity index is 1050. The summed E-state index contributed by atoms with van der Waals surface area (Å²) in [5.41, 5.74) is 0.425. The highest BCUT2D eigenvalue weighted by Crippen LogP contribution is 2.40. The molecule has 158 valence electrons. The van der Waals surface area contributed by atoms with Gasteiger partial charge in [-0.25, -0.2) is 0 Å². The van der Waals surface area contributed by atoms with Crippen LogP contribution in [0.25, 0.3) is 0 Å². The summed E-state index contributed by atoms with van der Waals surface area (Å²) >= 11 is 0. The molecule has 4 N–H and O–H groups in total. The first-order valence-corrected chi connectivity index (χ1v) is 9.20. The molecule has 0 radical (unpaired) electrons. The molecule has 1 fully saturated rings. The zero-order valence-corrected chi connectivity index (χ0v) is 16.2. The predicted molar refractivity (Wildman–Crippen MR) is 101 cm³/mol. The molecule has 2 aromatic carbocycles. The second kappa shape index (κ2) is 7.37. The van der Waals surface area contributed by atoms with Gasteiger partial charge in [-0.1, -0.05) is 0 Å². The second-order valence-corrected chi connectivity index (χ2v) is 7.28. The molecule has 1 aliphatic heterocycles. The Morgan fingerprint density at radius 1 is 0.967 bits per heavy atom. The number of ketones is 2. The SMILES string of the molecule is COc1cc(OC2OCC(O)C(O)C2O)c2c(c1)C(=O)c1cc(C)cc(O)c1C2=O. The average Bonchev–Trinajstić information content (AvgIpc) is 2.71. The predicted octanol–water partition coefficient (Wildman–Crippen LogP) is 0.302. The summed E-state index contributed by atoms with van der Waals surface area (Å²) in [6, 6.07) is 5.63. The fourth-order valence-electron chi connectivity index (χ4n) is 3.68. The van der Waals surface area contributed by atoms with E-state index in [0.29, 0.717) is 5.56 Å². The molecule has 2 aromatic rings. The van der Waals surface area contributed by atoms with Crippen LogP contribution in [0.2, 0.25) is 0 Å². The van der Waals surface area contributed by atoms with Gasteiger partial charge in [-0.2, -0.15) is 0 Å². The number of ether oxygens (including phenoxy) is 3. The smallest absolute Gasteiger partial charge is 0.228 e. The first-order valence-electron chi connectivity index (χ1n) is 9.20. The van der Waals surface area contributed by atoms with Crippen LogP contribution in [0.15, 0.2) is 24.3 Å². The Morgan fingerprint density at radius 3 is 2.37 bits per heavy atom. The van der Waals surface area contributed by atoms with Crippen molar-refractivity contribution in [3.63, 3.8) is 0 Å². The van der Waals surface area contributed by atoms with Crippen LogP contribution in [0.4, 0.5) is 0 Å². The Labute approximate surface area is 171 Å². The fourth-order valence-corrected chi connectivity index (χ4v) is 3.68. The van der Waals surface area contributed by atoms with E-state index in [0.717, 1.165) is 0 Å². The summed E-state index contributed by atoms with van der Waals surface area (Å²) in [7, 11) is 1.37. The zero-order chi connectivity index (χ0) is 21.7. The van der Waals surface area contributed by atoms with Crippen molar-refractivity contribution in [1.82, 2.24) is 0 Å². The molecule has 9 nitrogen and oxygen atoms in total. The van der Waals surface area contributed by atoms with Gasteiger partial charge in [0.05, 0.1) is 24.8 Å². The number of carbonyl (C=O) groups excluding carboxylic acids is 2. The molecule has 4 unspecified atom stereocenters. The van der Waals surface area contributed by atoms with Gasteiger partial charge in [0.15, 0.2) is 5.78 Å². The van der Waals surface area contributed by atoms with E-state index in [1.165, 1.54) is 31.4 Å². The van der Waals surface area contributed by atoms with Crippen molar-refractivity contribution < 1.29 is 44.2 Å². The van der Waals surface area contributed by atoms with Gasteiger partial charge in [-0.3, -0.25) is 9.59 Å². The van der Waals surface area contributed by atoms with Crippen LogP contribution < -0.4 is 9.47 Å². The molecule has 4 atom stereocenters. The number of hydrogen-bond acceptors (Lipinski definition) is 9. The summed E-state index contributed by atoms with van der Waals surface area (Å²) in [6.07, 6.45) is -5.83. The largest absolute Gasteiger partial charge is 0.507 e. The second-order valence-electron chi connectivity index (χ2n) is 7.28. The lowest BCUT2D eigenvalue weighted by molar-refractivity contribution is -0.242. The van der Waals surface area contributed by atoms with E-state index in [1.807, 2.05) is 0 Å². The summed E-state index contributed by atoms with van der Waals surface area (Å²) < 4.78 is 16.1. The van der Waals surface area contributed by atoms with E-state index in [9.17, 15) is 30.0 Å². The van der Waals surface area contributed by atoms with Crippen LogP contribution in [0.3, 0.4) is 0 Å². The molecule has 0 aromatic heterocycles. The minimum atomic E-state index is -1.60. The molecule has 30 heavy (non-hydrogen) atoms. The lowest BCUT2D eigenvalue weighted by Gasteiger charge is -2.35. The number of carbonyl (C=O) groups is 2. The molecule has 0 spiro atoms. The monoisotopic (exact) mass is 416 g/mol. The molecule has 9 heteroatoms. The average molecular weight is 416 g/mol. The summed E-state index contributed by atoms with van der Waals surface area (Å²) in [5, 5.41) is 40.0. The van der Waals surface area contributed by atoms with Gasteiger partial charge in [0.2, 0.25) is 12.1 Å². The topological polar surface area (TPSA) is 143 Å². The quantitative estimate of drug-likeness (QED) is 0.474. The van der Waals surface area contributed by atoms with Crippen LogP contribution in [0, 0.1) is 6.92 Å². The van der Waals surface area contributed by atoms with Gasteiger partial charge in [0.1, 0.15) is 35.6 Å². The maximum Gasteiger partial charge on any atom is 0.228 e. The number of aromatic hydroxyl groups is 1. The van der Waals surface area contributed by atoms with Crippen molar-refractivity contribution in [2.45, 2.75) is 31.5 Å². The molecule has 1 heterocycles. The standard InChI is InChI=1S/C21H20O9/c1-8-3-10-15(12(22)4-8)19(26)16-11(17(10)24)5-9(28-2)6-14(16)30-21-20(27)18(25)13(23)7-29-21/h3-6,13,18,20-23,25,27H,7H2,1-2H3. The Hall–Kier alpha value is -2.98. The van der Waals surface area contributed by atoms with E-state index in [1.54, 1.807) is 6.92 Å². The van der Waals surface area contributed by atoms with Crippen molar-refractivity contribution in [3.8, 4) is 17.2 Å². The van der Waals surface area contributed by atoms with Crippen LogP contribution >= 0.6 is 0 Å². The number of fused-ring (bicyclic) bond motifs is 2. The van der Waals surface area contributed by atoms with Gasteiger partial charge in [0, 0.05) is 17.2 Å². The summed E-state index contributed by atoms with van der Waals surface area (Å²) in [4.78, 5) is 26.3. The van der Waals surface area contributed by atoms with Crippen molar-refractivity contribution in [1.29, 1.82) is 0 Å². The summed E-state index contributed by atoms with van der Waals surface area (Å²) in [6.45, 7) is 1.39. The van der Waals surface area contributed by atoms with Gasteiger partial charge in [-0.15, -0.1) is 0 Å². The van der Waals surface area contributed by atoms with Crippen LogP contribution in [0.5, 0.6) is 17.2 Å². The number of hydrogen-bond donors (Lipinski definition) is 4. The lowest BCUT2D eigenvalue weighted by atomic mass is 9.82. The van der Waals surface area contributed by atoms with E-state index in [4.69, 9.17) is 14.2 Å². The van der Waals surface area contributed by atoms with Crippen LogP contribution in [0.1, 0.15) is 37.4 Å². The molecular formula is C21H20O9. The number of benzene rings is 2. The van der Waals surface area contributed by atoms with Crippen LogP contribution in [-0.2, 0) is 4.74 Å². The van der Waals surface area contributed by atoms with Gasteiger partial charge >= 0.3 is 0 Å². The molecule has 1 aliphatic carbocycles. The Kier molecular flexibility index (Phi) is 4.99. The molecule has 0 saturated carbocycles. The molecule has 2 aliphatic rings. The number of aliphatic hydroxyl groups excluding tert-OH is 3. The number of rotatable bonds is 3. The maximum absolute atomic E-state index is 13.2. The Balaban J connectivity index is 1.83. The van der Waals surface area contributed by atoms with E-state index < -0.39 is 36.2 Å². The third kappa shape index (κ3) is 3.12. The van der Waals surface area contributed by atoms with Gasteiger partial charge in [0.25, 0.3) is 0 Å². The number of aryl methyl sites for hydroxylation is 1. The summed E-state index contributed by atoms with van der Waals surface area (Å²) in [5.74, 6) is -1.37. The minimum absolute atomic E-state index is 0.0118. The van der Waals surface area contributed by atoms with Gasteiger partial charge < -0.3 is 34.6 Å². The highest BCUT2D eigenvalue weighted by atomic mass is 16.7. The van der Waals surface area contributed by atoms with Crippen molar-refractivity contribution in [3.05, 3.63) is 52.1 Å². The van der Waals surface area contributed by atoms with E-state index in [-0.39, 0.29) is 46.1 Å². The highest BCUT2D eigenvalue weighted by molar-refractivity contribution is 6.30. The zero-order valence-electron chi connectivity index (χ0n) is 16.2. The van der Waals surface area contributed by atoms with E-state index in [2.05, 4.69) is 0 Å². The third-order valence-corrected chi connectivity index (χ3v) is 5.21. The van der Waals surface area contributed by atoms with Crippen molar-refractivity contribution >= 4 is 11.6 Å². The molecule has 1 saturated heterocycles.